The molecule has 0 unspecified atom stereocenters. The van der Waals surface area contributed by atoms with E-state index in [9.17, 15) is 9.59 Å². The summed E-state index contributed by atoms with van der Waals surface area (Å²) in [7, 11) is 0. The highest BCUT2D eigenvalue weighted by molar-refractivity contribution is 6.34. The fourth-order valence-electron chi connectivity index (χ4n) is 3.62. The molecule has 8 heteroatoms. The van der Waals surface area contributed by atoms with Crippen LogP contribution in [0.5, 0.6) is 0 Å². The van der Waals surface area contributed by atoms with E-state index >= 15 is 0 Å². The molecule has 2 aromatic carbocycles. The lowest BCUT2D eigenvalue weighted by atomic mass is 10.2. The fourth-order valence-corrected chi connectivity index (χ4v) is 3.96. The average Bonchev–Trinajstić information content (AvgIpc) is 3.06. The number of carbonyl (C=O) groups is 2. The van der Waals surface area contributed by atoms with E-state index in [-0.39, 0.29) is 11.8 Å². The second-order valence-electron chi connectivity index (χ2n) is 7.48. The molecule has 0 aliphatic carbocycles. The van der Waals surface area contributed by atoms with Crippen molar-refractivity contribution in [3.05, 3.63) is 88.0 Å². The van der Waals surface area contributed by atoms with E-state index in [1.54, 1.807) is 54.7 Å². The molecular formula is C24H22Cl2N4O2. The van der Waals surface area contributed by atoms with Crippen LogP contribution in [0, 0.1) is 0 Å². The van der Waals surface area contributed by atoms with Gasteiger partial charge in [0.25, 0.3) is 11.8 Å². The Labute approximate surface area is 196 Å². The number of nitrogens with zero attached hydrogens (tertiary/aromatic N) is 3. The van der Waals surface area contributed by atoms with Gasteiger partial charge in [0.15, 0.2) is 0 Å². The number of amides is 2. The Kier molecular flexibility index (Phi) is 6.93. The Morgan fingerprint density at radius 2 is 1.66 bits per heavy atom. The zero-order valence-corrected chi connectivity index (χ0v) is 18.8. The fraction of sp³-hybridized carbons (Fsp3) is 0.208. The average molecular weight is 469 g/mol. The first-order valence-corrected chi connectivity index (χ1v) is 11.1. The maximum absolute atomic E-state index is 12.8. The molecule has 1 fully saturated rings. The Balaban J connectivity index is 1.37. The zero-order chi connectivity index (χ0) is 22.5. The van der Waals surface area contributed by atoms with Crippen molar-refractivity contribution in [2.24, 2.45) is 0 Å². The predicted octanol–water partition coefficient (Wildman–Crippen LogP) is 4.99. The SMILES string of the molecule is O=C(Nc1ccc(N2CCCN(C(=O)c3ccc(Cl)cc3)CC2)nc1)c1ccccc1Cl. The molecule has 2 heterocycles. The van der Waals surface area contributed by atoms with Crippen LogP contribution in [0.15, 0.2) is 66.9 Å². The van der Waals surface area contributed by atoms with Crippen molar-refractivity contribution in [2.75, 3.05) is 36.4 Å². The van der Waals surface area contributed by atoms with Crippen molar-refractivity contribution in [1.82, 2.24) is 9.88 Å². The number of carbonyl (C=O) groups excluding carboxylic acids is 2. The topological polar surface area (TPSA) is 65.5 Å². The van der Waals surface area contributed by atoms with Gasteiger partial charge in [-0.3, -0.25) is 9.59 Å². The molecule has 1 aliphatic rings. The van der Waals surface area contributed by atoms with Crippen LogP contribution in [0.2, 0.25) is 10.0 Å². The van der Waals surface area contributed by atoms with Gasteiger partial charge in [-0.15, -0.1) is 0 Å². The molecule has 164 valence electrons. The summed E-state index contributed by atoms with van der Waals surface area (Å²) in [4.78, 5) is 33.7. The van der Waals surface area contributed by atoms with Crippen molar-refractivity contribution >= 4 is 46.5 Å². The molecule has 4 rings (SSSR count). The second kappa shape index (κ2) is 10.0. The van der Waals surface area contributed by atoms with Crippen molar-refractivity contribution in [1.29, 1.82) is 0 Å². The Morgan fingerprint density at radius 3 is 2.38 bits per heavy atom. The molecule has 0 bridgehead atoms. The standard InChI is InChI=1S/C24H22Cl2N4O2/c25-18-8-6-17(7-9-18)24(32)30-13-3-12-29(14-15-30)22-11-10-19(16-27-22)28-23(31)20-4-1-2-5-21(20)26/h1-2,4-11,16H,3,12-15H2,(H,28,31). The van der Waals surface area contributed by atoms with Gasteiger partial charge < -0.3 is 15.1 Å². The Bertz CT molecular complexity index is 1100. The van der Waals surface area contributed by atoms with E-state index < -0.39 is 0 Å². The highest BCUT2D eigenvalue weighted by Crippen LogP contribution is 2.20. The highest BCUT2D eigenvalue weighted by Gasteiger charge is 2.21. The third kappa shape index (κ3) is 5.21. The molecule has 6 nitrogen and oxygen atoms in total. The summed E-state index contributed by atoms with van der Waals surface area (Å²) in [6, 6.07) is 17.6. The summed E-state index contributed by atoms with van der Waals surface area (Å²) < 4.78 is 0. The number of hydrogen-bond donors (Lipinski definition) is 1. The molecule has 1 saturated heterocycles. The number of benzene rings is 2. The minimum absolute atomic E-state index is 0.00843. The molecule has 0 atom stereocenters. The van der Waals surface area contributed by atoms with E-state index in [1.807, 2.05) is 17.0 Å². The van der Waals surface area contributed by atoms with Crippen LogP contribution in [0.25, 0.3) is 0 Å². The van der Waals surface area contributed by atoms with E-state index in [0.717, 1.165) is 18.8 Å². The normalized spacial score (nSPS) is 14.1. The van der Waals surface area contributed by atoms with Gasteiger partial charge in [0, 0.05) is 36.8 Å². The largest absolute Gasteiger partial charge is 0.355 e. The molecule has 0 radical (unpaired) electrons. The van der Waals surface area contributed by atoms with Crippen molar-refractivity contribution < 1.29 is 9.59 Å². The summed E-state index contributed by atoms with van der Waals surface area (Å²) in [5.74, 6) is 0.534. The molecule has 32 heavy (non-hydrogen) atoms. The van der Waals surface area contributed by atoms with Crippen LogP contribution in [-0.4, -0.2) is 47.9 Å². The quantitative estimate of drug-likeness (QED) is 0.585. The van der Waals surface area contributed by atoms with Crippen LogP contribution >= 0.6 is 23.2 Å². The van der Waals surface area contributed by atoms with Gasteiger partial charge in [-0.25, -0.2) is 4.98 Å². The lowest BCUT2D eigenvalue weighted by molar-refractivity contribution is 0.0767. The lowest BCUT2D eigenvalue weighted by Crippen LogP contribution is -2.35. The van der Waals surface area contributed by atoms with Crippen LogP contribution in [0.4, 0.5) is 11.5 Å². The van der Waals surface area contributed by atoms with Gasteiger partial charge in [0.2, 0.25) is 0 Å². The van der Waals surface area contributed by atoms with Gasteiger partial charge in [0.05, 0.1) is 22.5 Å². The van der Waals surface area contributed by atoms with Gasteiger partial charge in [-0.05, 0) is 55.0 Å². The number of rotatable bonds is 4. The van der Waals surface area contributed by atoms with E-state index in [0.29, 0.717) is 46.5 Å². The molecule has 0 spiro atoms. The molecule has 0 saturated carbocycles. The zero-order valence-electron chi connectivity index (χ0n) is 17.3. The first kappa shape index (κ1) is 22.1. The summed E-state index contributed by atoms with van der Waals surface area (Å²) in [5.41, 5.74) is 1.64. The molecule has 1 aliphatic heterocycles. The third-order valence-corrected chi connectivity index (χ3v) is 5.90. The molecule has 3 aromatic rings. The molecule has 1 N–H and O–H groups in total. The van der Waals surface area contributed by atoms with Crippen LogP contribution in [0.1, 0.15) is 27.1 Å². The van der Waals surface area contributed by atoms with Crippen molar-refractivity contribution in [2.45, 2.75) is 6.42 Å². The number of nitrogens with one attached hydrogen (secondary N) is 1. The lowest BCUT2D eigenvalue weighted by Gasteiger charge is -2.23. The number of hydrogen-bond acceptors (Lipinski definition) is 4. The molecule has 1 aromatic heterocycles. The smallest absolute Gasteiger partial charge is 0.257 e. The minimum Gasteiger partial charge on any atom is -0.355 e. The maximum atomic E-state index is 12.8. The van der Waals surface area contributed by atoms with Gasteiger partial charge >= 0.3 is 0 Å². The van der Waals surface area contributed by atoms with Crippen molar-refractivity contribution in [3.63, 3.8) is 0 Å². The van der Waals surface area contributed by atoms with Crippen LogP contribution in [-0.2, 0) is 0 Å². The highest BCUT2D eigenvalue weighted by atomic mass is 35.5. The van der Waals surface area contributed by atoms with E-state index in [2.05, 4.69) is 15.2 Å². The van der Waals surface area contributed by atoms with Crippen LogP contribution < -0.4 is 10.2 Å². The Hall–Kier alpha value is -3.09. The summed E-state index contributed by atoms with van der Waals surface area (Å²) in [6.45, 7) is 2.76. The number of pyridine rings is 1. The third-order valence-electron chi connectivity index (χ3n) is 5.32. The number of halogens is 2. The van der Waals surface area contributed by atoms with Gasteiger partial charge in [0.1, 0.15) is 5.82 Å². The van der Waals surface area contributed by atoms with Crippen LogP contribution in [0.3, 0.4) is 0 Å². The van der Waals surface area contributed by atoms with E-state index in [1.165, 1.54) is 0 Å². The monoisotopic (exact) mass is 468 g/mol. The summed E-state index contributed by atoms with van der Waals surface area (Å²) in [6.07, 6.45) is 2.47. The number of aromatic nitrogens is 1. The summed E-state index contributed by atoms with van der Waals surface area (Å²) >= 11 is 12.0. The van der Waals surface area contributed by atoms with Crippen molar-refractivity contribution in [3.8, 4) is 0 Å². The first-order valence-electron chi connectivity index (χ1n) is 10.3. The summed E-state index contributed by atoms with van der Waals surface area (Å²) in [5, 5.41) is 3.83. The van der Waals surface area contributed by atoms with Gasteiger partial charge in [-0.1, -0.05) is 35.3 Å². The Morgan fingerprint density at radius 1 is 0.875 bits per heavy atom. The van der Waals surface area contributed by atoms with E-state index in [4.69, 9.17) is 23.2 Å². The second-order valence-corrected chi connectivity index (χ2v) is 8.32. The van der Waals surface area contributed by atoms with Gasteiger partial charge in [-0.2, -0.15) is 0 Å². The maximum Gasteiger partial charge on any atom is 0.257 e. The predicted molar refractivity (Wildman–Crippen MR) is 128 cm³/mol. The minimum atomic E-state index is -0.281. The molecule has 2 amide bonds. The first-order chi connectivity index (χ1) is 15.5. The number of anilines is 2. The molecular weight excluding hydrogens is 447 g/mol.